The largest absolute Gasteiger partial charge is 0.472 e. The first kappa shape index (κ1) is 105. The molecule has 0 heterocycles. The van der Waals surface area contributed by atoms with Gasteiger partial charge in [-0.25, -0.2) is 9.13 Å². The zero-order chi connectivity index (χ0) is 78.1. The average molecular weight is 1560 g/mol. The van der Waals surface area contributed by atoms with Crippen molar-refractivity contribution in [2.24, 2.45) is 0 Å². The van der Waals surface area contributed by atoms with E-state index in [1.165, 1.54) is 315 Å². The SMILES string of the molecule is CCCCCCCCCCCCCCCCCCCCCCCCC(=O)O[C@H](COC(=O)CCCCCCCCCCCCCCCCCCC)COP(=O)(O)OC[C@@H](O)COP(=O)(O)OC[C@@H](COC(=O)CCCCCCCCCCCCC)OC(=O)CCCCCCCCCCCCCCCCCCC. The second kappa shape index (κ2) is 82.1. The van der Waals surface area contributed by atoms with Crippen molar-refractivity contribution < 1.29 is 80.2 Å². The normalized spacial score (nSPS) is 13.7. The number of hydrogen-bond donors (Lipinski definition) is 3. The second-order valence-electron chi connectivity index (χ2n) is 31.6. The van der Waals surface area contributed by atoms with Crippen LogP contribution >= 0.6 is 15.6 Å². The number of phosphoric acid groups is 2. The molecule has 0 aromatic rings. The fourth-order valence-electron chi connectivity index (χ4n) is 13.9. The lowest BCUT2D eigenvalue weighted by Gasteiger charge is -2.21. The third-order valence-electron chi connectivity index (χ3n) is 20.9. The number of unbranched alkanes of at least 4 members (excludes halogenated alkanes) is 63. The first-order valence-electron chi connectivity index (χ1n) is 45.8. The molecule has 0 bridgehead atoms. The predicted molar refractivity (Wildman–Crippen MR) is 442 cm³/mol. The van der Waals surface area contributed by atoms with Gasteiger partial charge in [0, 0.05) is 25.7 Å². The highest BCUT2D eigenvalue weighted by Gasteiger charge is 2.30. The summed E-state index contributed by atoms with van der Waals surface area (Å²) in [5, 5.41) is 10.7. The Kier molecular flexibility index (Phi) is 80.6. The van der Waals surface area contributed by atoms with E-state index in [1.54, 1.807) is 0 Å². The molecule has 0 aliphatic heterocycles. The molecule has 0 saturated heterocycles. The van der Waals surface area contributed by atoms with E-state index in [-0.39, 0.29) is 25.7 Å². The molecule has 0 saturated carbocycles. The third-order valence-corrected chi connectivity index (χ3v) is 22.8. The second-order valence-corrected chi connectivity index (χ2v) is 34.5. The van der Waals surface area contributed by atoms with Crippen LogP contribution in [0.4, 0.5) is 0 Å². The first-order valence-corrected chi connectivity index (χ1v) is 48.8. The van der Waals surface area contributed by atoms with Crippen LogP contribution in [0.2, 0.25) is 0 Å². The molecule has 0 fully saturated rings. The average Bonchev–Trinajstić information content (AvgIpc) is 0.901. The minimum Gasteiger partial charge on any atom is -0.462 e. The predicted octanol–water partition coefficient (Wildman–Crippen LogP) is 27.3. The lowest BCUT2D eigenvalue weighted by molar-refractivity contribution is -0.161. The molecule has 2 unspecified atom stereocenters. The summed E-state index contributed by atoms with van der Waals surface area (Å²) in [4.78, 5) is 73.3. The Morgan fingerprint density at radius 3 is 0.551 bits per heavy atom. The monoisotopic (exact) mass is 1560 g/mol. The van der Waals surface area contributed by atoms with Crippen LogP contribution in [0.25, 0.3) is 0 Å². The minimum atomic E-state index is -4.97. The molecule has 19 heteroatoms. The van der Waals surface area contributed by atoms with E-state index in [2.05, 4.69) is 27.7 Å². The summed E-state index contributed by atoms with van der Waals surface area (Å²) in [5.41, 5.74) is 0. The van der Waals surface area contributed by atoms with Gasteiger partial charge in [-0.3, -0.25) is 37.3 Å². The van der Waals surface area contributed by atoms with Crippen molar-refractivity contribution in [3.8, 4) is 0 Å². The van der Waals surface area contributed by atoms with E-state index >= 15 is 0 Å². The molecule has 636 valence electrons. The Hall–Kier alpha value is -1.94. The Morgan fingerprint density at radius 2 is 0.374 bits per heavy atom. The number of rotatable bonds is 89. The summed E-state index contributed by atoms with van der Waals surface area (Å²) in [5.74, 6) is -2.09. The highest BCUT2D eigenvalue weighted by Crippen LogP contribution is 2.45. The van der Waals surface area contributed by atoms with Gasteiger partial charge in [0.25, 0.3) is 0 Å². The number of esters is 4. The number of ether oxygens (including phenoxy) is 4. The molecule has 0 rings (SSSR count). The number of aliphatic hydroxyl groups is 1. The van der Waals surface area contributed by atoms with Gasteiger partial charge in [-0.1, -0.05) is 432 Å². The number of aliphatic hydroxyl groups excluding tert-OH is 1. The Morgan fingerprint density at radius 1 is 0.224 bits per heavy atom. The van der Waals surface area contributed by atoms with E-state index < -0.39 is 97.5 Å². The summed E-state index contributed by atoms with van der Waals surface area (Å²) < 4.78 is 69.0. The van der Waals surface area contributed by atoms with Gasteiger partial charge in [-0.05, 0) is 25.7 Å². The van der Waals surface area contributed by atoms with Crippen LogP contribution in [0.3, 0.4) is 0 Å². The molecule has 0 aromatic carbocycles. The Bertz CT molecular complexity index is 2020. The molecule has 5 atom stereocenters. The van der Waals surface area contributed by atoms with E-state index in [0.717, 1.165) is 89.9 Å². The van der Waals surface area contributed by atoms with Crippen LogP contribution in [-0.4, -0.2) is 96.7 Å². The molecule has 0 aromatic heterocycles. The Labute approximate surface area is 658 Å². The number of carbonyl (C=O) groups is 4. The van der Waals surface area contributed by atoms with Crippen molar-refractivity contribution >= 4 is 39.5 Å². The van der Waals surface area contributed by atoms with Crippen LogP contribution in [0.5, 0.6) is 0 Å². The fraction of sp³-hybridized carbons (Fsp3) is 0.955. The van der Waals surface area contributed by atoms with Gasteiger partial charge in [0.2, 0.25) is 0 Å². The molecule has 0 aliphatic carbocycles. The fourth-order valence-corrected chi connectivity index (χ4v) is 15.5. The first-order chi connectivity index (χ1) is 52.2. The van der Waals surface area contributed by atoms with Gasteiger partial charge in [-0.15, -0.1) is 0 Å². The third kappa shape index (κ3) is 81.9. The van der Waals surface area contributed by atoms with Gasteiger partial charge >= 0.3 is 39.5 Å². The number of phosphoric ester groups is 2. The van der Waals surface area contributed by atoms with Crippen molar-refractivity contribution in [3.63, 3.8) is 0 Å². The molecule has 0 amide bonds. The van der Waals surface area contributed by atoms with Crippen LogP contribution in [0.15, 0.2) is 0 Å². The van der Waals surface area contributed by atoms with Crippen molar-refractivity contribution in [1.82, 2.24) is 0 Å². The zero-order valence-electron chi connectivity index (χ0n) is 70.1. The molecule has 0 aliphatic rings. The summed E-state index contributed by atoms with van der Waals surface area (Å²) in [6.07, 6.45) is 77.8. The molecule has 17 nitrogen and oxygen atoms in total. The van der Waals surface area contributed by atoms with Crippen molar-refractivity contribution in [1.29, 1.82) is 0 Å². The topological polar surface area (TPSA) is 237 Å². The van der Waals surface area contributed by atoms with Crippen molar-refractivity contribution in [2.45, 2.75) is 502 Å². The minimum absolute atomic E-state index is 0.109. The van der Waals surface area contributed by atoms with Crippen molar-refractivity contribution in [3.05, 3.63) is 0 Å². The van der Waals surface area contributed by atoms with Gasteiger partial charge in [0.1, 0.15) is 19.3 Å². The smallest absolute Gasteiger partial charge is 0.462 e. The molecule has 0 radical (unpaired) electrons. The molecule has 0 spiro atoms. The summed E-state index contributed by atoms with van der Waals surface area (Å²) in [6.45, 7) is 5.07. The van der Waals surface area contributed by atoms with Crippen LogP contribution < -0.4 is 0 Å². The lowest BCUT2D eigenvalue weighted by Crippen LogP contribution is -2.30. The lowest BCUT2D eigenvalue weighted by atomic mass is 10.0. The van der Waals surface area contributed by atoms with Crippen LogP contribution in [-0.2, 0) is 65.4 Å². The standard InChI is InChI=1S/C88H172O17P2/c1-5-9-13-17-21-25-29-32-35-38-39-40-41-42-45-48-51-55-59-63-67-71-75-88(93)105-84(79-99-86(91)73-69-65-61-57-53-49-46-43-36-33-30-26-22-18-14-10-6-2)81-103-107(96,97)101-77-82(89)76-100-106(94,95)102-80-83(78-98-85(90)72-68-64-60-56-52-28-24-20-16-12-8-4)104-87(92)74-70-66-62-58-54-50-47-44-37-34-31-27-23-19-15-11-7-3/h82-84,89H,5-81H2,1-4H3,(H,94,95)(H,96,97)/t82-,83+,84+/m0/s1. The quantitative estimate of drug-likeness (QED) is 0.0222. The molecular weight excluding hydrogens is 1390 g/mol. The summed E-state index contributed by atoms with van der Waals surface area (Å²) in [7, 11) is -9.93. The van der Waals surface area contributed by atoms with E-state index in [9.17, 15) is 43.2 Å². The van der Waals surface area contributed by atoms with E-state index in [1.807, 2.05) is 0 Å². The zero-order valence-corrected chi connectivity index (χ0v) is 71.9. The van der Waals surface area contributed by atoms with Gasteiger partial charge in [-0.2, -0.15) is 0 Å². The summed E-state index contributed by atoms with van der Waals surface area (Å²) >= 11 is 0. The maximum atomic E-state index is 13.2. The molecular formula is C88H172O17P2. The summed E-state index contributed by atoms with van der Waals surface area (Å²) in [6, 6.07) is 0. The van der Waals surface area contributed by atoms with Crippen LogP contribution in [0.1, 0.15) is 484 Å². The van der Waals surface area contributed by atoms with Gasteiger partial charge in [0.05, 0.1) is 26.4 Å². The highest BCUT2D eigenvalue weighted by atomic mass is 31.2. The van der Waals surface area contributed by atoms with Gasteiger partial charge < -0.3 is 33.8 Å². The number of carbonyl (C=O) groups excluding carboxylic acids is 4. The van der Waals surface area contributed by atoms with Crippen molar-refractivity contribution in [2.75, 3.05) is 39.6 Å². The number of hydrogen-bond acceptors (Lipinski definition) is 15. The van der Waals surface area contributed by atoms with E-state index in [0.29, 0.717) is 25.7 Å². The van der Waals surface area contributed by atoms with E-state index in [4.69, 9.17) is 37.0 Å². The van der Waals surface area contributed by atoms with Crippen LogP contribution in [0, 0.1) is 0 Å². The highest BCUT2D eigenvalue weighted by molar-refractivity contribution is 7.47. The molecule has 107 heavy (non-hydrogen) atoms. The van der Waals surface area contributed by atoms with Gasteiger partial charge in [0.15, 0.2) is 12.2 Å². The maximum Gasteiger partial charge on any atom is 0.472 e. The Balaban J connectivity index is 5.22. The maximum absolute atomic E-state index is 13.2. The molecule has 3 N–H and O–H groups in total.